The van der Waals surface area contributed by atoms with Crippen LogP contribution in [0.3, 0.4) is 0 Å². The average Bonchev–Trinajstić information content (AvgIpc) is 2.46. The Labute approximate surface area is 117 Å². The fourth-order valence-electron chi connectivity index (χ4n) is 2.60. The van der Waals surface area contributed by atoms with Crippen molar-refractivity contribution >= 4 is 22.6 Å². The summed E-state index contributed by atoms with van der Waals surface area (Å²) in [5, 5.41) is 13.3. The number of pyridine rings is 1. The van der Waals surface area contributed by atoms with E-state index in [-0.39, 0.29) is 5.69 Å². The first kappa shape index (κ1) is 12.9. The largest absolute Gasteiger partial charge is 0.477 e. The van der Waals surface area contributed by atoms with E-state index in [0.717, 1.165) is 36.2 Å². The van der Waals surface area contributed by atoms with Gasteiger partial charge in [-0.3, -0.25) is 0 Å². The van der Waals surface area contributed by atoms with Crippen LogP contribution >= 0.6 is 0 Å². The Morgan fingerprint density at radius 3 is 3.00 bits per heavy atom. The Morgan fingerprint density at radius 1 is 1.40 bits per heavy atom. The fraction of sp³-hybridized carbons (Fsp3) is 0.333. The molecule has 1 atom stereocenters. The molecule has 1 aromatic heterocycles. The summed E-state index contributed by atoms with van der Waals surface area (Å²) in [7, 11) is 0. The number of nitrogens with one attached hydrogen (secondary N) is 1. The molecule has 1 aliphatic rings. The van der Waals surface area contributed by atoms with Gasteiger partial charge >= 0.3 is 5.97 Å². The van der Waals surface area contributed by atoms with Crippen LogP contribution in [0.2, 0.25) is 0 Å². The Kier molecular flexibility index (Phi) is 3.28. The number of carbonyl (C=O) groups is 1. The molecule has 5 nitrogen and oxygen atoms in total. The molecular formula is C15H17N3O2. The van der Waals surface area contributed by atoms with Crippen molar-refractivity contribution in [2.75, 3.05) is 24.5 Å². The number of aromatic carboxylic acids is 1. The lowest BCUT2D eigenvalue weighted by molar-refractivity contribution is 0.0691. The molecule has 20 heavy (non-hydrogen) atoms. The zero-order valence-electron chi connectivity index (χ0n) is 11.3. The maximum absolute atomic E-state index is 10.9. The van der Waals surface area contributed by atoms with Crippen LogP contribution in [-0.2, 0) is 0 Å². The second-order valence-corrected chi connectivity index (χ2v) is 5.18. The third kappa shape index (κ3) is 2.44. The summed E-state index contributed by atoms with van der Waals surface area (Å²) in [6.45, 7) is 5.12. The molecule has 1 saturated heterocycles. The molecule has 2 N–H and O–H groups in total. The number of carboxylic acid groups (broad SMARTS) is 1. The van der Waals surface area contributed by atoms with Crippen LogP contribution in [0.25, 0.3) is 10.9 Å². The van der Waals surface area contributed by atoms with Gasteiger partial charge in [-0.25, -0.2) is 9.78 Å². The van der Waals surface area contributed by atoms with E-state index in [0.29, 0.717) is 6.04 Å². The maximum Gasteiger partial charge on any atom is 0.354 e. The molecule has 1 aliphatic heterocycles. The van der Waals surface area contributed by atoms with Crippen molar-refractivity contribution < 1.29 is 9.90 Å². The van der Waals surface area contributed by atoms with Crippen molar-refractivity contribution in [1.82, 2.24) is 10.3 Å². The number of fused-ring (bicyclic) bond motifs is 1. The number of rotatable bonds is 2. The Morgan fingerprint density at radius 2 is 2.25 bits per heavy atom. The average molecular weight is 271 g/mol. The number of nitrogens with zero attached hydrogens (tertiary/aromatic N) is 2. The molecule has 2 heterocycles. The lowest BCUT2D eigenvalue weighted by Crippen LogP contribution is -2.49. The first-order chi connectivity index (χ1) is 9.63. The summed E-state index contributed by atoms with van der Waals surface area (Å²) in [5.74, 6) is -0.994. The lowest BCUT2D eigenvalue weighted by Gasteiger charge is -2.33. The van der Waals surface area contributed by atoms with Crippen LogP contribution < -0.4 is 10.2 Å². The van der Waals surface area contributed by atoms with Crippen molar-refractivity contribution in [3.05, 3.63) is 36.0 Å². The van der Waals surface area contributed by atoms with Crippen molar-refractivity contribution in [1.29, 1.82) is 0 Å². The molecule has 0 saturated carbocycles. The van der Waals surface area contributed by atoms with Crippen molar-refractivity contribution in [2.24, 2.45) is 0 Å². The van der Waals surface area contributed by atoms with Gasteiger partial charge in [-0.05, 0) is 31.2 Å². The molecular weight excluding hydrogens is 254 g/mol. The quantitative estimate of drug-likeness (QED) is 0.871. The van der Waals surface area contributed by atoms with Gasteiger partial charge in [0.25, 0.3) is 0 Å². The summed E-state index contributed by atoms with van der Waals surface area (Å²) in [4.78, 5) is 17.4. The van der Waals surface area contributed by atoms with E-state index in [1.165, 1.54) is 0 Å². The lowest BCUT2D eigenvalue weighted by atomic mass is 10.1. The first-order valence-corrected chi connectivity index (χ1v) is 6.76. The van der Waals surface area contributed by atoms with Gasteiger partial charge in [-0.1, -0.05) is 6.07 Å². The molecule has 1 aromatic carbocycles. The highest BCUT2D eigenvalue weighted by Gasteiger charge is 2.16. The molecule has 0 amide bonds. The number of hydrogen-bond acceptors (Lipinski definition) is 4. The molecule has 3 rings (SSSR count). The smallest absolute Gasteiger partial charge is 0.354 e. The second kappa shape index (κ2) is 5.09. The number of carboxylic acids is 1. The normalized spacial score (nSPS) is 19.2. The van der Waals surface area contributed by atoms with Gasteiger partial charge in [0.2, 0.25) is 0 Å². The molecule has 1 fully saturated rings. The number of hydrogen-bond donors (Lipinski definition) is 2. The van der Waals surface area contributed by atoms with Gasteiger partial charge in [-0.2, -0.15) is 0 Å². The van der Waals surface area contributed by atoms with E-state index in [1.807, 2.05) is 18.2 Å². The molecule has 104 valence electrons. The number of aromatic nitrogens is 1. The summed E-state index contributed by atoms with van der Waals surface area (Å²) in [6, 6.07) is 9.83. The van der Waals surface area contributed by atoms with Crippen molar-refractivity contribution in [2.45, 2.75) is 13.0 Å². The third-order valence-electron chi connectivity index (χ3n) is 3.63. The van der Waals surface area contributed by atoms with Gasteiger partial charge in [0.15, 0.2) is 0 Å². The predicted molar refractivity (Wildman–Crippen MR) is 78.4 cm³/mol. The Hall–Kier alpha value is -2.14. The van der Waals surface area contributed by atoms with Gasteiger partial charge < -0.3 is 15.3 Å². The van der Waals surface area contributed by atoms with E-state index in [1.54, 1.807) is 6.07 Å². The van der Waals surface area contributed by atoms with Crippen LogP contribution in [0.5, 0.6) is 0 Å². The summed E-state index contributed by atoms with van der Waals surface area (Å²) in [6.07, 6.45) is 0. The molecule has 1 unspecified atom stereocenters. The minimum absolute atomic E-state index is 0.0843. The highest BCUT2D eigenvalue weighted by Crippen LogP contribution is 2.22. The van der Waals surface area contributed by atoms with Crippen LogP contribution in [0.1, 0.15) is 17.4 Å². The number of anilines is 1. The second-order valence-electron chi connectivity index (χ2n) is 5.18. The molecule has 0 aliphatic carbocycles. The number of benzene rings is 1. The maximum atomic E-state index is 10.9. The summed E-state index contributed by atoms with van der Waals surface area (Å²) in [5.41, 5.74) is 1.97. The summed E-state index contributed by atoms with van der Waals surface area (Å²) >= 11 is 0. The predicted octanol–water partition coefficient (Wildman–Crippen LogP) is 1.73. The van der Waals surface area contributed by atoms with E-state index in [2.05, 4.69) is 28.2 Å². The molecule has 5 heteroatoms. The Balaban J connectivity index is 1.94. The van der Waals surface area contributed by atoms with E-state index in [9.17, 15) is 4.79 Å². The molecule has 0 radical (unpaired) electrons. The van der Waals surface area contributed by atoms with Gasteiger partial charge in [0.1, 0.15) is 5.69 Å². The SMILES string of the molecule is CC1CN(c2ccc3nc(C(=O)O)ccc3c2)CCN1. The molecule has 2 aromatic rings. The van der Waals surface area contributed by atoms with Crippen LogP contribution in [0.4, 0.5) is 5.69 Å². The van der Waals surface area contributed by atoms with Gasteiger partial charge in [-0.15, -0.1) is 0 Å². The zero-order chi connectivity index (χ0) is 14.1. The first-order valence-electron chi connectivity index (χ1n) is 6.76. The van der Waals surface area contributed by atoms with Crippen LogP contribution in [0.15, 0.2) is 30.3 Å². The standard InChI is InChI=1S/C15H17N3O2/c1-10-9-18(7-6-16-10)12-3-5-13-11(8-12)2-4-14(17-13)15(19)20/h2-5,8,10,16H,6-7,9H2,1H3,(H,19,20). The molecule has 0 spiro atoms. The number of piperazine rings is 1. The van der Waals surface area contributed by atoms with E-state index < -0.39 is 5.97 Å². The zero-order valence-corrected chi connectivity index (χ0v) is 11.3. The Bertz CT molecular complexity index is 657. The fourth-order valence-corrected chi connectivity index (χ4v) is 2.60. The van der Waals surface area contributed by atoms with E-state index >= 15 is 0 Å². The van der Waals surface area contributed by atoms with Crippen LogP contribution in [0, 0.1) is 0 Å². The third-order valence-corrected chi connectivity index (χ3v) is 3.63. The highest BCUT2D eigenvalue weighted by molar-refractivity contribution is 5.90. The van der Waals surface area contributed by atoms with Gasteiger partial charge in [0.05, 0.1) is 5.52 Å². The topological polar surface area (TPSA) is 65.5 Å². The van der Waals surface area contributed by atoms with E-state index in [4.69, 9.17) is 5.11 Å². The van der Waals surface area contributed by atoms with Crippen molar-refractivity contribution in [3.8, 4) is 0 Å². The highest BCUT2D eigenvalue weighted by atomic mass is 16.4. The summed E-state index contributed by atoms with van der Waals surface area (Å²) < 4.78 is 0. The minimum atomic E-state index is -0.994. The molecule has 0 bridgehead atoms. The van der Waals surface area contributed by atoms with Crippen LogP contribution in [-0.4, -0.2) is 41.7 Å². The monoisotopic (exact) mass is 271 g/mol. The minimum Gasteiger partial charge on any atom is -0.477 e. The van der Waals surface area contributed by atoms with Gasteiger partial charge in [0, 0.05) is 36.7 Å². The van der Waals surface area contributed by atoms with Crippen molar-refractivity contribution in [3.63, 3.8) is 0 Å².